The molecule has 4 nitrogen and oxygen atoms in total. The molecular formula is C11H14O4. The van der Waals surface area contributed by atoms with E-state index >= 15 is 0 Å². The molecule has 0 aliphatic rings. The van der Waals surface area contributed by atoms with Crippen LogP contribution in [0.15, 0.2) is 6.07 Å². The van der Waals surface area contributed by atoms with Gasteiger partial charge in [0.25, 0.3) is 0 Å². The summed E-state index contributed by atoms with van der Waals surface area (Å²) in [6.07, 6.45) is 0.472. The molecule has 0 spiro atoms. The van der Waals surface area contributed by atoms with Gasteiger partial charge >= 0.3 is 0 Å². The first-order chi connectivity index (χ1) is 6.97. The van der Waals surface area contributed by atoms with Gasteiger partial charge in [-0.05, 0) is 26.8 Å². The molecule has 4 heteroatoms. The summed E-state index contributed by atoms with van der Waals surface area (Å²) in [7, 11) is 0. The second-order valence-corrected chi connectivity index (χ2v) is 3.57. The van der Waals surface area contributed by atoms with Crippen LogP contribution in [-0.4, -0.2) is 22.6 Å². The van der Waals surface area contributed by atoms with Crippen molar-refractivity contribution in [2.24, 2.45) is 0 Å². The summed E-state index contributed by atoms with van der Waals surface area (Å²) in [4.78, 5) is 10.7. The van der Waals surface area contributed by atoms with E-state index in [4.69, 9.17) is 4.74 Å². The van der Waals surface area contributed by atoms with Crippen LogP contribution >= 0.6 is 0 Å². The van der Waals surface area contributed by atoms with Gasteiger partial charge in [0.1, 0.15) is 0 Å². The number of rotatable bonds is 3. The van der Waals surface area contributed by atoms with Crippen LogP contribution in [0.1, 0.15) is 29.8 Å². The fourth-order valence-electron chi connectivity index (χ4n) is 1.22. The Kier molecular flexibility index (Phi) is 3.19. The third-order valence-corrected chi connectivity index (χ3v) is 2.02. The van der Waals surface area contributed by atoms with E-state index < -0.39 is 0 Å². The molecule has 0 radical (unpaired) electrons. The number of hydrogen-bond acceptors (Lipinski definition) is 4. The van der Waals surface area contributed by atoms with Gasteiger partial charge < -0.3 is 14.9 Å². The average molecular weight is 210 g/mol. The third kappa shape index (κ3) is 2.21. The van der Waals surface area contributed by atoms with Crippen LogP contribution in [0.3, 0.4) is 0 Å². The molecule has 0 fully saturated rings. The molecule has 0 aliphatic carbocycles. The Labute approximate surface area is 88.1 Å². The van der Waals surface area contributed by atoms with Gasteiger partial charge in [-0.2, -0.15) is 0 Å². The van der Waals surface area contributed by atoms with Crippen LogP contribution in [-0.2, 0) is 0 Å². The van der Waals surface area contributed by atoms with Crippen LogP contribution in [0.5, 0.6) is 17.2 Å². The van der Waals surface area contributed by atoms with Gasteiger partial charge in [0.05, 0.1) is 6.10 Å². The Hall–Kier alpha value is -1.71. The quantitative estimate of drug-likeness (QED) is 0.591. The lowest BCUT2D eigenvalue weighted by atomic mass is 10.1. The van der Waals surface area contributed by atoms with Crippen molar-refractivity contribution in [2.45, 2.75) is 26.9 Å². The minimum atomic E-state index is -0.327. The molecule has 0 amide bonds. The second-order valence-electron chi connectivity index (χ2n) is 3.57. The molecule has 1 aromatic carbocycles. The van der Waals surface area contributed by atoms with Gasteiger partial charge in [-0.1, -0.05) is 0 Å². The second kappa shape index (κ2) is 4.21. The highest BCUT2D eigenvalue weighted by atomic mass is 16.5. The number of aldehydes is 1. The first kappa shape index (κ1) is 11.4. The van der Waals surface area contributed by atoms with E-state index in [-0.39, 0.29) is 23.4 Å². The molecule has 0 unspecified atom stereocenters. The molecule has 15 heavy (non-hydrogen) atoms. The molecular weight excluding hydrogens is 196 g/mol. The van der Waals surface area contributed by atoms with E-state index in [0.29, 0.717) is 17.4 Å². The number of carbonyl (C=O) groups excluding carboxylic acids is 1. The Bertz CT molecular complexity index is 383. The molecule has 82 valence electrons. The topological polar surface area (TPSA) is 66.8 Å². The smallest absolute Gasteiger partial charge is 0.200 e. The van der Waals surface area contributed by atoms with E-state index in [1.54, 1.807) is 20.8 Å². The molecule has 2 N–H and O–H groups in total. The number of phenolic OH excluding ortho intramolecular Hbond substituents is 2. The number of benzene rings is 1. The van der Waals surface area contributed by atoms with Crippen LogP contribution < -0.4 is 4.74 Å². The van der Waals surface area contributed by atoms with E-state index in [1.165, 1.54) is 6.07 Å². The van der Waals surface area contributed by atoms with Crippen molar-refractivity contribution in [1.29, 1.82) is 0 Å². The highest BCUT2D eigenvalue weighted by molar-refractivity contribution is 5.81. The first-order valence-electron chi connectivity index (χ1n) is 4.64. The lowest BCUT2D eigenvalue weighted by Gasteiger charge is -2.14. The van der Waals surface area contributed by atoms with Crippen molar-refractivity contribution in [2.75, 3.05) is 0 Å². The summed E-state index contributed by atoms with van der Waals surface area (Å²) in [6.45, 7) is 5.13. The molecule has 0 aliphatic heterocycles. The predicted octanol–water partition coefficient (Wildman–Crippen LogP) is 2.01. The number of carbonyl (C=O) groups is 1. The van der Waals surface area contributed by atoms with Gasteiger partial charge in [-0.15, -0.1) is 0 Å². The number of phenols is 2. The van der Waals surface area contributed by atoms with Crippen LogP contribution in [0, 0.1) is 6.92 Å². The van der Waals surface area contributed by atoms with Gasteiger partial charge in [-0.25, -0.2) is 0 Å². The summed E-state index contributed by atoms with van der Waals surface area (Å²) in [5, 5.41) is 19.1. The Morgan fingerprint density at radius 2 is 1.93 bits per heavy atom. The highest BCUT2D eigenvalue weighted by Crippen LogP contribution is 2.39. The summed E-state index contributed by atoms with van der Waals surface area (Å²) in [6, 6.07) is 1.41. The Morgan fingerprint density at radius 3 is 2.40 bits per heavy atom. The summed E-state index contributed by atoms with van der Waals surface area (Å²) >= 11 is 0. The molecule has 0 aromatic heterocycles. The Morgan fingerprint density at radius 1 is 1.33 bits per heavy atom. The van der Waals surface area contributed by atoms with Gasteiger partial charge in [-0.3, -0.25) is 4.79 Å². The monoisotopic (exact) mass is 210 g/mol. The molecule has 1 rings (SSSR count). The van der Waals surface area contributed by atoms with Gasteiger partial charge in [0.15, 0.2) is 17.8 Å². The Balaban J connectivity index is 3.28. The number of hydrogen-bond donors (Lipinski definition) is 2. The maximum atomic E-state index is 10.7. The molecule has 1 aromatic rings. The normalized spacial score (nSPS) is 10.4. The molecule has 0 heterocycles. The van der Waals surface area contributed by atoms with Crippen molar-refractivity contribution in [1.82, 2.24) is 0 Å². The van der Waals surface area contributed by atoms with E-state index in [1.807, 2.05) is 0 Å². The van der Waals surface area contributed by atoms with Gasteiger partial charge in [0.2, 0.25) is 5.75 Å². The summed E-state index contributed by atoms with van der Waals surface area (Å²) in [5.41, 5.74) is 0.652. The van der Waals surface area contributed by atoms with Gasteiger partial charge in [0, 0.05) is 11.1 Å². The van der Waals surface area contributed by atoms with Crippen molar-refractivity contribution in [3.05, 3.63) is 17.2 Å². The average Bonchev–Trinajstić information content (AvgIpc) is 2.18. The largest absolute Gasteiger partial charge is 0.504 e. The fraction of sp³-hybridized carbons (Fsp3) is 0.364. The van der Waals surface area contributed by atoms with Crippen molar-refractivity contribution < 1.29 is 19.7 Å². The molecule has 0 saturated heterocycles. The summed E-state index contributed by atoms with van der Waals surface area (Å²) in [5.74, 6) is -0.516. The summed E-state index contributed by atoms with van der Waals surface area (Å²) < 4.78 is 5.25. The zero-order chi connectivity index (χ0) is 11.6. The maximum Gasteiger partial charge on any atom is 0.200 e. The van der Waals surface area contributed by atoms with Crippen molar-refractivity contribution >= 4 is 6.29 Å². The first-order valence-corrected chi connectivity index (χ1v) is 4.64. The number of ether oxygens (including phenoxy) is 1. The lowest BCUT2D eigenvalue weighted by molar-refractivity contribution is 0.112. The van der Waals surface area contributed by atoms with Crippen LogP contribution in [0.25, 0.3) is 0 Å². The number of aromatic hydroxyl groups is 2. The van der Waals surface area contributed by atoms with E-state index in [0.717, 1.165) is 0 Å². The molecule has 0 bridgehead atoms. The maximum absolute atomic E-state index is 10.7. The zero-order valence-corrected chi connectivity index (χ0v) is 8.94. The van der Waals surface area contributed by atoms with Crippen LogP contribution in [0.2, 0.25) is 0 Å². The van der Waals surface area contributed by atoms with Crippen LogP contribution in [0.4, 0.5) is 0 Å². The molecule has 0 saturated carbocycles. The lowest BCUT2D eigenvalue weighted by Crippen LogP contribution is -2.06. The molecule has 0 atom stereocenters. The highest BCUT2D eigenvalue weighted by Gasteiger charge is 2.15. The van der Waals surface area contributed by atoms with Crippen molar-refractivity contribution in [3.8, 4) is 17.2 Å². The minimum Gasteiger partial charge on any atom is -0.504 e. The van der Waals surface area contributed by atoms with E-state index in [9.17, 15) is 15.0 Å². The third-order valence-electron chi connectivity index (χ3n) is 2.02. The SMILES string of the molecule is Cc1c(C=O)cc(OC(C)C)c(O)c1O. The fourth-order valence-corrected chi connectivity index (χ4v) is 1.22. The zero-order valence-electron chi connectivity index (χ0n) is 8.94. The van der Waals surface area contributed by atoms with E-state index in [2.05, 4.69) is 0 Å². The predicted molar refractivity (Wildman–Crippen MR) is 55.7 cm³/mol. The minimum absolute atomic E-state index is 0.121. The van der Waals surface area contributed by atoms with Crippen molar-refractivity contribution in [3.63, 3.8) is 0 Å². The standard InChI is InChI=1S/C11H14O4/c1-6(2)15-9-4-8(5-12)7(3)10(13)11(9)14/h4-6,13-14H,1-3H3.